The van der Waals surface area contributed by atoms with Crippen LogP contribution in [0.4, 0.5) is 4.79 Å². The Kier molecular flexibility index (Phi) is 22.6. The molecule has 0 bridgehead atoms. The van der Waals surface area contributed by atoms with Gasteiger partial charge in [0.05, 0.1) is 86.0 Å². The topological polar surface area (TPSA) is 170 Å². The molecule has 2 unspecified atom stereocenters. The number of nitrogens with one attached hydrogen (secondary N) is 4. The molecule has 56 heavy (non-hydrogen) atoms. The lowest BCUT2D eigenvalue weighted by Gasteiger charge is -2.30. The number of amides is 4. The van der Waals surface area contributed by atoms with Crippen LogP contribution in [0.2, 0.25) is 0 Å². The maximum absolute atomic E-state index is 13.0. The summed E-state index contributed by atoms with van der Waals surface area (Å²) in [4.78, 5) is 62.3. The fraction of sp³-hybridized carbons (Fsp3) is 0.595. The highest BCUT2D eigenvalue weighted by atomic mass is 16.6. The first-order valence-corrected chi connectivity index (χ1v) is 19.6. The average molecular weight is 785 g/mol. The molecule has 312 valence electrons. The van der Waals surface area contributed by atoms with E-state index in [4.69, 9.17) is 18.9 Å². The van der Waals surface area contributed by atoms with E-state index in [-0.39, 0.29) is 68.5 Å². The van der Waals surface area contributed by atoms with Gasteiger partial charge in [0.15, 0.2) is 5.78 Å². The van der Waals surface area contributed by atoms with Crippen LogP contribution in [0.1, 0.15) is 58.1 Å². The molecule has 0 fully saturated rings. The Morgan fingerprint density at radius 3 is 1.64 bits per heavy atom. The Morgan fingerprint density at radius 2 is 1.11 bits per heavy atom. The molecule has 2 aromatic carbocycles. The molecule has 0 aliphatic carbocycles. The molecular weight excluding hydrogens is 718 g/mol. The van der Waals surface area contributed by atoms with E-state index in [9.17, 15) is 24.0 Å². The fourth-order valence-electron chi connectivity index (χ4n) is 5.41. The first-order valence-electron chi connectivity index (χ1n) is 19.6. The van der Waals surface area contributed by atoms with Crippen LogP contribution in [0.25, 0.3) is 0 Å². The zero-order valence-electron chi connectivity index (χ0n) is 34.4. The fourth-order valence-corrected chi connectivity index (χ4v) is 5.41. The van der Waals surface area contributed by atoms with Crippen LogP contribution in [0.15, 0.2) is 60.7 Å². The number of alkyl carbamates (subject to hydrolysis) is 1. The van der Waals surface area contributed by atoms with Gasteiger partial charge in [0.25, 0.3) is 0 Å². The SMILES string of the molecule is CC(Cc1ccccc1)C(=O)NCCOCCOCCC(=O)NCC[N+](C)(C)CCNC(=O)CCOCCC(=O)C(Cc1ccccc1)NC(=O)OC(C)(C)C. The number of likely N-dealkylation sites (N-methyl/N-ethyl adjacent to an activating group) is 1. The van der Waals surface area contributed by atoms with Crippen molar-refractivity contribution in [1.29, 1.82) is 0 Å². The molecule has 14 heteroatoms. The second-order valence-electron chi connectivity index (χ2n) is 15.4. The highest BCUT2D eigenvalue weighted by Crippen LogP contribution is 2.11. The Balaban J connectivity index is 1.48. The summed E-state index contributed by atoms with van der Waals surface area (Å²) in [5.41, 5.74) is 1.35. The van der Waals surface area contributed by atoms with Crippen molar-refractivity contribution in [2.24, 2.45) is 5.92 Å². The number of hydrogen-bond donors (Lipinski definition) is 4. The monoisotopic (exact) mass is 784 g/mol. The van der Waals surface area contributed by atoms with E-state index in [0.29, 0.717) is 69.9 Å². The van der Waals surface area contributed by atoms with Gasteiger partial charge in [-0.3, -0.25) is 19.2 Å². The number of quaternary nitrogens is 1. The summed E-state index contributed by atoms with van der Waals surface area (Å²) in [6, 6.07) is 18.6. The van der Waals surface area contributed by atoms with Crippen LogP contribution < -0.4 is 21.3 Å². The molecule has 2 atom stereocenters. The molecule has 2 rings (SSSR count). The molecule has 0 saturated carbocycles. The Hall–Kier alpha value is -4.37. The predicted octanol–water partition coefficient (Wildman–Crippen LogP) is 3.22. The summed E-state index contributed by atoms with van der Waals surface area (Å²) in [5, 5.41) is 11.4. The van der Waals surface area contributed by atoms with Gasteiger partial charge < -0.3 is 44.7 Å². The lowest BCUT2D eigenvalue weighted by atomic mass is 10.0. The van der Waals surface area contributed by atoms with Gasteiger partial charge in [0.1, 0.15) is 5.60 Å². The van der Waals surface area contributed by atoms with Gasteiger partial charge in [0.2, 0.25) is 17.7 Å². The smallest absolute Gasteiger partial charge is 0.408 e. The van der Waals surface area contributed by atoms with Crippen molar-refractivity contribution < 1.29 is 47.4 Å². The van der Waals surface area contributed by atoms with Crippen molar-refractivity contribution in [3.05, 3.63) is 71.8 Å². The van der Waals surface area contributed by atoms with Crippen LogP contribution in [0.3, 0.4) is 0 Å². The minimum Gasteiger partial charge on any atom is -0.444 e. The number of ether oxygens (including phenoxy) is 4. The van der Waals surface area contributed by atoms with Crippen LogP contribution in [-0.4, -0.2) is 132 Å². The zero-order chi connectivity index (χ0) is 41.2. The van der Waals surface area contributed by atoms with Gasteiger partial charge in [0, 0.05) is 31.7 Å². The highest BCUT2D eigenvalue weighted by Gasteiger charge is 2.24. The minimum atomic E-state index is -0.765. The summed E-state index contributed by atoms with van der Waals surface area (Å²) in [7, 11) is 4.06. The maximum atomic E-state index is 13.0. The second-order valence-corrected chi connectivity index (χ2v) is 15.4. The van der Waals surface area contributed by atoms with E-state index in [1.54, 1.807) is 20.8 Å². The first-order chi connectivity index (χ1) is 26.6. The third kappa shape index (κ3) is 23.5. The standard InChI is InChI=1S/C42H65N5O9/c1-33(31-34-13-9-7-10-14-34)40(51)45-22-28-55-30-29-54-27-19-39(50)44-21-24-47(5,6)23-20-43-38(49)18-26-53-25-17-37(48)36(32-35-15-11-8-12-16-35)46-41(52)56-42(2,3)4/h7-16,33,36H,17-32H2,1-6H3,(H3-,43,44,45,46,49,50,51,52)/p+1. The lowest BCUT2D eigenvalue weighted by Crippen LogP contribution is -2.49. The van der Waals surface area contributed by atoms with E-state index < -0.39 is 17.7 Å². The van der Waals surface area contributed by atoms with E-state index in [0.717, 1.165) is 11.1 Å². The van der Waals surface area contributed by atoms with Crippen LogP contribution in [0, 0.1) is 5.92 Å². The number of carbonyl (C=O) groups excluding carboxylic acids is 5. The molecule has 0 spiro atoms. The molecule has 0 aliphatic rings. The van der Waals surface area contributed by atoms with Crippen LogP contribution in [-0.2, 0) is 51.0 Å². The molecule has 14 nitrogen and oxygen atoms in total. The first kappa shape index (κ1) is 47.8. The summed E-state index contributed by atoms with van der Waals surface area (Å²) in [5.74, 6) is -0.559. The van der Waals surface area contributed by atoms with Crippen molar-refractivity contribution in [2.75, 3.05) is 86.5 Å². The highest BCUT2D eigenvalue weighted by molar-refractivity contribution is 5.87. The van der Waals surface area contributed by atoms with Crippen molar-refractivity contribution >= 4 is 29.6 Å². The largest absolute Gasteiger partial charge is 0.444 e. The minimum absolute atomic E-state index is 0.00267. The van der Waals surface area contributed by atoms with Crippen LogP contribution in [0.5, 0.6) is 0 Å². The molecule has 4 N–H and O–H groups in total. The van der Waals surface area contributed by atoms with Gasteiger partial charge in [-0.05, 0) is 44.7 Å². The van der Waals surface area contributed by atoms with Gasteiger partial charge in [-0.2, -0.15) is 0 Å². The number of hydrogen-bond acceptors (Lipinski definition) is 9. The lowest BCUT2D eigenvalue weighted by molar-refractivity contribution is -0.887. The molecule has 0 saturated heterocycles. The zero-order valence-corrected chi connectivity index (χ0v) is 34.4. The molecule has 0 aliphatic heterocycles. The van der Waals surface area contributed by atoms with Crippen molar-refractivity contribution in [1.82, 2.24) is 21.3 Å². The van der Waals surface area contributed by atoms with Crippen molar-refractivity contribution in [3.63, 3.8) is 0 Å². The predicted molar refractivity (Wildman–Crippen MR) is 215 cm³/mol. The number of rotatable bonds is 28. The number of carbonyl (C=O) groups is 5. The molecule has 4 amide bonds. The maximum Gasteiger partial charge on any atom is 0.408 e. The third-order valence-corrected chi connectivity index (χ3v) is 8.63. The molecule has 0 aromatic heterocycles. The van der Waals surface area contributed by atoms with Gasteiger partial charge >= 0.3 is 6.09 Å². The van der Waals surface area contributed by atoms with Crippen molar-refractivity contribution in [2.45, 2.75) is 71.4 Å². The molecule has 0 heterocycles. The third-order valence-electron chi connectivity index (χ3n) is 8.63. The summed E-state index contributed by atoms with van der Waals surface area (Å²) < 4.78 is 22.5. The van der Waals surface area contributed by atoms with Gasteiger partial charge in [-0.15, -0.1) is 0 Å². The Labute approximate surface area is 333 Å². The average Bonchev–Trinajstić information content (AvgIpc) is 3.13. The van der Waals surface area contributed by atoms with Gasteiger partial charge in [-0.1, -0.05) is 67.6 Å². The molecule has 2 aromatic rings. The number of nitrogens with zero attached hydrogens (tertiary/aromatic N) is 1. The summed E-state index contributed by atoms with van der Waals surface area (Å²) in [6.07, 6.45) is 0.843. The van der Waals surface area contributed by atoms with Crippen LogP contribution >= 0.6 is 0 Å². The van der Waals surface area contributed by atoms with Crippen molar-refractivity contribution in [3.8, 4) is 0 Å². The summed E-state index contributed by atoms with van der Waals surface area (Å²) >= 11 is 0. The van der Waals surface area contributed by atoms with Gasteiger partial charge in [-0.25, -0.2) is 4.79 Å². The normalized spacial score (nSPS) is 12.6. The Morgan fingerprint density at radius 1 is 0.625 bits per heavy atom. The Bertz CT molecular complexity index is 1450. The van der Waals surface area contributed by atoms with E-state index >= 15 is 0 Å². The van der Waals surface area contributed by atoms with E-state index in [1.165, 1.54) is 0 Å². The number of benzene rings is 2. The molecule has 0 radical (unpaired) electrons. The van der Waals surface area contributed by atoms with E-state index in [1.807, 2.05) is 81.7 Å². The second kappa shape index (κ2) is 26.5. The number of ketones is 1. The number of Topliss-reactive ketones (excluding diaryl/α,β-unsaturated/α-hetero) is 1. The summed E-state index contributed by atoms with van der Waals surface area (Å²) in [6.45, 7) is 11.6. The van der Waals surface area contributed by atoms with E-state index in [2.05, 4.69) is 21.3 Å². The molecular formula is C42H66N5O9+. The quantitative estimate of drug-likeness (QED) is 0.0748.